The molecule has 0 saturated carbocycles. The number of rotatable bonds is 5. The number of methoxy groups -OCH3 is 1. The molecule has 2 atom stereocenters. The molecule has 0 aliphatic carbocycles. The molecule has 2 N–H and O–H groups in total. The number of pyridine rings is 1. The van der Waals surface area contributed by atoms with Crippen LogP contribution >= 0.6 is 0 Å². The second-order valence-corrected chi connectivity index (χ2v) is 8.78. The van der Waals surface area contributed by atoms with Gasteiger partial charge in [-0.2, -0.15) is 0 Å². The Morgan fingerprint density at radius 3 is 2.55 bits per heavy atom. The van der Waals surface area contributed by atoms with Crippen LogP contribution in [-0.4, -0.2) is 35.7 Å². The predicted octanol–water partition coefficient (Wildman–Crippen LogP) is 4.12. The summed E-state index contributed by atoms with van der Waals surface area (Å²) in [5.41, 5.74) is 3.93. The number of piperidine rings is 1. The molecule has 3 heterocycles. The molecule has 2 aliphatic rings. The van der Waals surface area contributed by atoms with Gasteiger partial charge in [0.15, 0.2) is 0 Å². The van der Waals surface area contributed by atoms with Crippen molar-refractivity contribution in [1.29, 1.82) is 0 Å². The highest BCUT2D eigenvalue weighted by atomic mass is 16.5. The summed E-state index contributed by atoms with van der Waals surface area (Å²) in [6.45, 7) is 2.55. The van der Waals surface area contributed by atoms with E-state index in [0.717, 1.165) is 29.2 Å². The molecule has 170 valence electrons. The Bertz CT molecular complexity index is 1190. The molecule has 2 amide bonds. The summed E-state index contributed by atoms with van der Waals surface area (Å²) in [6.07, 6.45) is 0.982. The van der Waals surface area contributed by atoms with Gasteiger partial charge in [-0.15, -0.1) is 0 Å². The smallest absolute Gasteiger partial charge is 0.321 e. The zero-order chi connectivity index (χ0) is 22.8. The Hall–Kier alpha value is -3.74. The zero-order valence-electron chi connectivity index (χ0n) is 18.7. The molecule has 1 fully saturated rings. The van der Waals surface area contributed by atoms with E-state index in [1.807, 2.05) is 58.0 Å². The van der Waals surface area contributed by atoms with Crippen molar-refractivity contribution in [2.45, 2.75) is 25.4 Å². The SMILES string of the molecule is COc1ccc(NC(=O)N2CC3CC(C2)c2c(NCc4ccccc4)ccc(=O)n2C3)cc1. The molecule has 33 heavy (non-hydrogen) atoms. The van der Waals surface area contributed by atoms with Crippen LogP contribution in [0.3, 0.4) is 0 Å². The van der Waals surface area contributed by atoms with Crippen LogP contribution in [0.2, 0.25) is 0 Å². The second kappa shape index (κ2) is 9.02. The highest BCUT2D eigenvalue weighted by molar-refractivity contribution is 5.89. The molecule has 3 aromatic rings. The minimum absolute atomic E-state index is 0.0288. The van der Waals surface area contributed by atoms with Gasteiger partial charge in [0.1, 0.15) is 5.75 Å². The van der Waals surface area contributed by atoms with Gasteiger partial charge in [-0.1, -0.05) is 30.3 Å². The first-order valence-corrected chi connectivity index (χ1v) is 11.3. The van der Waals surface area contributed by atoms with Gasteiger partial charge in [0, 0.05) is 49.5 Å². The Labute approximate surface area is 193 Å². The van der Waals surface area contributed by atoms with Gasteiger partial charge in [0.2, 0.25) is 0 Å². The third-order valence-electron chi connectivity index (χ3n) is 6.54. The van der Waals surface area contributed by atoms with Crippen LogP contribution in [0.25, 0.3) is 0 Å². The maximum atomic E-state index is 13.0. The van der Waals surface area contributed by atoms with E-state index in [-0.39, 0.29) is 23.4 Å². The normalized spacial score (nSPS) is 18.9. The van der Waals surface area contributed by atoms with E-state index in [1.165, 1.54) is 5.56 Å². The van der Waals surface area contributed by atoms with E-state index in [9.17, 15) is 9.59 Å². The van der Waals surface area contributed by atoms with Crippen LogP contribution in [0.4, 0.5) is 16.2 Å². The lowest BCUT2D eigenvalue weighted by molar-refractivity contribution is 0.140. The van der Waals surface area contributed by atoms with Crippen molar-refractivity contribution < 1.29 is 9.53 Å². The van der Waals surface area contributed by atoms with Crippen LogP contribution in [0.15, 0.2) is 71.5 Å². The van der Waals surface area contributed by atoms with Crippen molar-refractivity contribution in [3.05, 3.63) is 88.3 Å². The second-order valence-electron chi connectivity index (χ2n) is 8.78. The molecule has 2 aliphatic heterocycles. The molecule has 1 saturated heterocycles. The Balaban J connectivity index is 1.34. The number of ether oxygens (including phenoxy) is 1. The third kappa shape index (κ3) is 4.44. The quantitative estimate of drug-likeness (QED) is 0.621. The zero-order valence-corrected chi connectivity index (χ0v) is 18.7. The third-order valence-corrected chi connectivity index (χ3v) is 6.54. The van der Waals surface area contributed by atoms with Crippen molar-refractivity contribution in [2.24, 2.45) is 5.92 Å². The first-order chi connectivity index (χ1) is 16.1. The van der Waals surface area contributed by atoms with Gasteiger partial charge < -0.3 is 24.8 Å². The number of hydrogen-bond acceptors (Lipinski definition) is 4. The van der Waals surface area contributed by atoms with Gasteiger partial charge in [-0.3, -0.25) is 4.79 Å². The number of carbonyl (C=O) groups is 1. The van der Waals surface area contributed by atoms with Crippen molar-refractivity contribution in [3.8, 4) is 5.75 Å². The number of hydrogen-bond donors (Lipinski definition) is 2. The number of amides is 2. The van der Waals surface area contributed by atoms with E-state index in [0.29, 0.717) is 26.2 Å². The number of nitrogens with zero attached hydrogens (tertiary/aromatic N) is 2. The molecule has 7 nitrogen and oxygen atoms in total. The number of carbonyl (C=O) groups excluding carboxylic acids is 1. The number of fused-ring (bicyclic) bond motifs is 4. The summed E-state index contributed by atoms with van der Waals surface area (Å²) in [7, 11) is 1.62. The van der Waals surface area contributed by atoms with E-state index in [2.05, 4.69) is 22.8 Å². The number of urea groups is 1. The molecular weight excluding hydrogens is 416 g/mol. The van der Waals surface area contributed by atoms with Crippen molar-refractivity contribution in [1.82, 2.24) is 9.47 Å². The monoisotopic (exact) mass is 444 g/mol. The maximum absolute atomic E-state index is 13.0. The predicted molar refractivity (Wildman–Crippen MR) is 129 cm³/mol. The Kier molecular flexibility index (Phi) is 5.77. The first-order valence-electron chi connectivity index (χ1n) is 11.3. The minimum atomic E-state index is -0.111. The fraction of sp³-hybridized carbons (Fsp3) is 0.308. The van der Waals surface area contributed by atoms with Crippen molar-refractivity contribution in [2.75, 3.05) is 30.8 Å². The summed E-state index contributed by atoms with van der Waals surface area (Å²) in [5, 5.41) is 6.52. The van der Waals surface area contributed by atoms with Gasteiger partial charge in [0.05, 0.1) is 12.8 Å². The van der Waals surface area contributed by atoms with E-state index >= 15 is 0 Å². The standard InChI is InChI=1S/C26H28N4O3/c1-33-22-9-7-21(8-10-22)28-26(32)29-15-19-13-20(17-29)25-23(11-12-24(31)30(25)16-19)27-14-18-5-3-2-4-6-18/h2-12,19-20,27H,13-17H2,1H3,(H,28,32). The van der Waals surface area contributed by atoms with Crippen LogP contribution in [-0.2, 0) is 13.1 Å². The average Bonchev–Trinajstić information content (AvgIpc) is 2.85. The summed E-state index contributed by atoms with van der Waals surface area (Å²) >= 11 is 0. The summed E-state index contributed by atoms with van der Waals surface area (Å²) < 4.78 is 7.09. The summed E-state index contributed by atoms with van der Waals surface area (Å²) in [4.78, 5) is 27.6. The summed E-state index contributed by atoms with van der Waals surface area (Å²) in [6, 6.07) is 20.9. The molecule has 2 aromatic carbocycles. The molecule has 1 aromatic heterocycles. The average molecular weight is 445 g/mol. The Morgan fingerprint density at radius 2 is 1.79 bits per heavy atom. The van der Waals surface area contributed by atoms with Crippen LogP contribution in [0.5, 0.6) is 5.75 Å². The van der Waals surface area contributed by atoms with Crippen LogP contribution in [0, 0.1) is 5.92 Å². The van der Waals surface area contributed by atoms with E-state index < -0.39 is 0 Å². The first kappa shape index (κ1) is 21.1. The van der Waals surface area contributed by atoms with Gasteiger partial charge >= 0.3 is 6.03 Å². The van der Waals surface area contributed by atoms with Gasteiger partial charge in [-0.25, -0.2) is 4.79 Å². The lowest BCUT2D eigenvalue weighted by atomic mass is 9.82. The number of anilines is 2. The lowest BCUT2D eigenvalue weighted by Gasteiger charge is -2.43. The molecule has 0 radical (unpaired) electrons. The topological polar surface area (TPSA) is 75.6 Å². The lowest BCUT2D eigenvalue weighted by Crippen LogP contribution is -2.50. The highest BCUT2D eigenvalue weighted by Gasteiger charge is 2.37. The number of likely N-dealkylation sites (tertiary alicyclic amines) is 1. The fourth-order valence-electron chi connectivity index (χ4n) is 5.00. The number of nitrogens with one attached hydrogen (secondary N) is 2. The van der Waals surface area contributed by atoms with Gasteiger partial charge in [-0.05, 0) is 48.2 Å². The fourth-order valence-corrected chi connectivity index (χ4v) is 5.00. The number of benzene rings is 2. The molecule has 7 heteroatoms. The highest BCUT2D eigenvalue weighted by Crippen LogP contribution is 2.38. The van der Waals surface area contributed by atoms with Crippen molar-refractivity contribution >= 4 is 17.4 Å². The number of aromatic nitrogens is 1. The van der Waals surface area contributed by atoms with E-state index in [1.54, 1.807) is 13.2 Å². The van der Waals surface area contributed by atoms with Crippen LogP contribution < -0.4 is 20.9 Å². The summed E-state index contributed by atoms with van der Waals surface area (Å²) in [5.74, 6) is 1.13. The molecule has 5 rings (SSSR count). The molecule has 2 bridgehead atoms. The largest absolute Gasteiger partial charge is 0.497 e. The Morgan fingerprint density at radius 1 is 1.00 bits per heavy atom. The minimum Gasteiger partial charge on any atom is -0.497 e. The molecule has 0 spiro atoms. The maximum Gasteiger partial charge on any atom is 0.321 e. The molecule has 2 unspecified atom stereocenters. The van der Waals surface area contributed by atoms with Gasteiger partial charge in [0.25, 0.3) is 5.56 Å². The van der Waals surface area contributed by atoms with Crippen LogP contribution in [0.1, 0.15) is 23.6 Å². The van der Waals surface area contributed by atoms with E-state index in [4.69, 9.17) is 4.74 Å². The molecular formula is C26H28N4O3. The van der Waals surface area contributed by atoms with Crippen molar-refractivity contribution in [3.63, 3.8) is 0 Å².